The Labute approximate surface area is 164 Å². The summed E-state index contributed by atoms with van der Waals surface area (Å²) in [4.78, 5) is 15.9. The first kappa shape index (κ1) is 17.8. The van der Waals surface area contributed by atoms with Crippen molar-refractivity contribution in [2.45, 2.75) is 4.90 Å². The number of nitrogens with one attached hydrogen (secondary N) is 2. The second kappa shape index (κ2) is 6.84. The van der Waals surface area contributed by atoms with Gasteiger partial charge in [0, 0.05) is 16.0 Å². The Hall–Kier alpha value is -2.62. The number of carbonyl (C=O) groups excluding carboxylic acids is 1. The zero-order valence-electron chi connectivity index (χ0n) is 13.6. The number of hydrogen-bond donors (Lipinski definition) is 2. The number of benzene rings is 2. The van der Waals surface area contributed by atoms with Crippen LogP contribution in [0.1, 0.15) is 0 Å². The molecule has 7 nitrogen and oxygen atoms in total. The first-order valence-corrected chi connectivity index (χ1v) is 10.5. The topological polar surface area (TPSA) is 97.4 Å². The number of rotatable bonds is 4. The standard InChI is InChI=1S/C17H12ClN3O4S2/c18-11-2-4-12(5-3-11)27(23,24)21-17-20-14(9-26-17)10-1-6-15-13(7-10)19-16(22)8-25-15/h1-7,9H,8H2,(H,19,22)(H,20,21). The van der Waals surface area contributed by atoms with Crippen LogP contribution in [0.3, 0.4) is 0 Å². The van der Waals surface area contributed by atoms with Gasteiger partial charge in [0.05, 0.1) is 16.3 Å². The predicted octanol–water partition coefficient (Wildman–Crippen LogP) is 3.60. The number of amides is 1. The number of halogens is 1. The lowest BCUT2D eigenvalue weighted by Gasteiger charge is -2.18. The second-order valence-corrected chi connectivity index (χ2v) is 8.62. The molecule has 27 heavy (non-hydrogen) atoms. The van der Waals surface area contributed by atoms with Crippen LogP contribution in [0.2, 0.25) is 5.02 Å². The molecule has 0 spiro atoms. The highest BCUT2D eigenvalue weighted by atomic mass is 35.5. The van der Waals surface area contributed by atoms with Crippen molar-refractivity contribution < 1.29 is 17.9 Å². The van der Waals surface area contributed by atoms with Gasteiger partial charge in [-0.25, -0.2) is 13.4 Å². The van der Waals surface area contributed by atoms with Gasteiger partial charge in [-0.15, -0.1) is 11.3 Å². The number of aromatic nitrogens is 1. The molecule has 0 radical (unpaired) electrons. The summed E-state index contributed by atoms with van der Waals surface area (Å²) in [5, 5.41) is 5.15. The summed E-state index contributed by atoms with van der Waals surface area (Å²) in [6, 6.07) is 11.1. The normalized spacial score (nSPS) is 13.4. The van der Waals surface area contributed by atoms with Crippen LogP contribution in [0.15, 0.2) is 52.7 Å². The Kier molecular flexibility index (Phi) is 4.50. The van der Waals surface area contributed by atoms with Crippen molar-refractivity contribution in [2.24, 2.45) is 0 Å². The lowest BCUT2D eigenvalue weighted by Crippen LogP contribution is -2.25. The van der Waals surface area contributed by atoms with Gasteiger partial charge in [0.15, 0.2) is 11.7 Å². The van der Waals surface area contributed by atoms with E-state index in [0.29, 0.717) is 22.2 Å². The third-order valence-corrected chi connectivity index (χ3v) is 6.25. The van der Waals surface area contributed by atoms with Crippen molar-refractivity contribution >= 4 is 49.7 Å². The monoisotopic (exact) mass is 421 g/mol. The van der Waals surface area contributed by atoms with Crippen LogP contribution in [0, 0.1) is 0 Å². The first-order chi connectivity index (χ1) is 12.9. The minimum Gasteiger partial charge on any atom is -0.482 e. The molecule has 0 aliphatic carbocycles. The highest BCUT2D eigenvalue weighted by Gasteiger charge is 2.19. The molecular formula is C17H12ClN3O4S2. The highest BCUT2D eigenvalue weighted by molar-refractivity contribution is 7.93. The Bertz CT molecular complexity index is 1130. The van der Waals surface area contributed by atoms with Crippen molar-refractivity contribution in [1.29, 1.82) is 0 Å². The van der Waals surface area contributed by atoms with Crippen LogP contribution in [0.25, 0.3) is 11.3 Å². The lowest BCUT2D eigenvalue weighted by molar-refractivity contribution is -0.118. The molecule has 0 atom stereocenters. The van der Waals surface area contributed by atoms with Crippen LogP contribution < -0.4 is 14.8 Å². The van der Waals surface area contributed by atoms with Gasteiger partial charge >= 0.3 is 0 Å². The molecule has 1 aromatic heterocycles. The number of carbonyl (C=O) groups is 1. The van der Waals surface area contributed by atoms with E-state index in [1.54, 1.807) is 23.6 Å². The van der Waals surface area contributed by atoms with E-state index in [4.69, 9.17) is 16.3 Å². The van der Waals surface area contributed by atoms with E-state index in [9.17, 15) is 13.2 Å². The molecule has 4 rings (SSSR count). The summed E-state index contributed by atoms with van der Waals surface area (Å²) in [5.74, 6) is 0.353. The van der Waals surface area contributed by atoms with E-state index in [0.717, 1.165) is 16.9 Å². The molecule has 0 unspecified atom stereocenters. The van der Waals surface area contributed by atoms with Gasteiger partial charge in [0.2, 0.25) is 0 Å². The Balaban J connectivity index is 1.58. The number of nitrogens with zero attached hydrogens (tertiary/aromatic N) is 1. The molecule has 0 saturated heterocycles. The molecule has 2 heterocycles. The van der Waals surface area contributed by atoms with Gasteiger partial charge in [0.1, 0.15) is 5.75 Å². The van der Waals surface area contributed by atoms with Gasteiger partial charge < -0.3 is 10.1 Å². The number of anilines is 2. The number of ether oxygens (including phenoxy) is 1. The van der Waals surface area contributed by atoms with Crippen LogP contribution in [0.5, 0.6) is 5.75 Å². The summed E-state index contributed by atoms with van der Waals surface area (Å²) in [6.45, 7) is -0.0142. The number of sulfonamides is 1. The largest absolute Gasteiger partial charge is 0.482 e. The molecule has 1 amide bonds. The Morgan fingerprint density at radius 2 is 1.96 bits per heavy atom. The maximum absolute atomic E-state index is 12.4. The smallest absolute Gasteiger partial charge is 0.263 e. The molecule has 1 aliphatic heterocycles. The van der Waals surface area contributed by atoms with Crippen LogP contribution in [0.4, 0.5) is 10.8 Å². The predicted molar refractivity (Wildman–Crippen MR) is 104 cm³/mol. The molecule has 2 aromatic carbocycles. The fourth-order valence-electron chi connectivity index (χ4n) is 2.48. The van der Waals surface area contributed by atoms with Crippen LogP contribution >= 0.6 is 22.9 Å². The molecular weight excluding hydrogens is 410 g/mol. The zero-order chi connectivity index (χ0) is 19.0. The summed E-state index contributed by atoms with van der Waals surface area (Å²) < 4.78 is 32.6. The van der Waals surface area contributed by atoms with E-state index in [-0.39, 0.29) is 22.5 Å². The van der Waals surface area contributed by atoms with E-state index in [1.165, 1.54) is 24.3 Å². The minimum atomic E-state index is -3.76. The molecule has 3 aromatic rings. The summed E-state index contributed by atoms with van der Waals surface area (Å²) in [5.41, 5.74) is 1.87. The maximum Gasteiger partial charge on any atom is 0.263 e. The van der Waals surface area contributed by atoms with Crippen molar-refractivity contribution in [2.75, 3.05) is 16.6 Å². The molecule has 1 aliphatic rings. The van der Waals surface area contributed by atoms with Crippen molar-refractivity contribution in [3.05, 3.63) is 52.9 Å². The van der Waals surface area contributed by atoms with Gasteiger partial charge in [-0.3, -0.25) is 9.52 Å². The number of fused-ring (bicyclic) bond motifs is 1. The van der Waals surface area contributed by atoms with Gasteiger partial charge in [-0.2, -0.15) is 0 Å². The van der Waals surface area contributed by atoms with Gasteiger partial charge in [-0.05, 0) is 42.5 Å². The summed E-state index contributed by atoms with van der Waals surface area (Å²) in [7, 11) is -3.76. The first-order valence-electron chi connectivity index (χ1n) is 7.72. The fraction of sp³-hybridized carbons (Fsp3) is 0.0588. The second-order valence-electron chi connectivity index (χ2n) is 5.65. The number of thiazole rings is 1. The van der Waals surface area contributed by atoms with E-state index < -0.39 is 10.0 Å². The average Bonchev–Trinajstić information content (AvgIpc) is 3.09. The van der Waals surface area contributed by atoms with Crippen molar-refractivity contribution in [3.8, 4) is 17.0 Å². The molecule has 10 heteroatoms. The van der Waals surface area contributed by atoms with Gasteiger partial charge in [-0.1, -0.05) is 11.6 Å². The average molecular weight is 422 g/mol. The molecule has 138 valence electrons. The quantitative estimate of drug-likeness (QED) is 0.670. The number of hydrogen-bond acceptors (Lipinski definition) is 6. The molecule has 0 fully saturated rings. The maximum atomic E-state index is 12.4. The SMILES string of the molecule is O=C1COc2ccc(-c3csc(NS(=O)(=O)c4ccc(Cl)cc4)n3)cc2N1. The molecule has 2 N–H and O–H groups in total. The minimum absolute atomic E-state index is 0.0142. The van der Waals surface area contributed by atoms with Crippen molar-refractivity contribution in [3.63, 3.8) is 0 Å². The highest BCUT2D eigenvalue weighted by Crippen LogP contribution is 2.34. The Morgan fingerprint density at radius 3 is 2.74 bits per heavy atom. The van der Waals surface area contributed by atoms with Crippen molar-refractivity contribution in [1.82, 2.24) is 4.98 Å². The third-order valence-electron chi connectivity index (χ3n) is 3.76. The Morgan fingerprint density at radius 1 is 1.19 bits per heavy atom. The summed E-state index contributed by atoms with van der Waals surface area (Å²) >= 11 is 6.95. The summed E-state index contributed by atoms with van der Waals surface area (Å²) in [6.07, 6.45) is 0. The third kappa shape index (κ3) is 3.75. The molecule has 0 bridgehead atoms. The van der Waals surface area contributed by atoms with E-state index >= 15 is 0 Å². The van der Waals surface area contributed by atoms with Gasteiger partial charge in [0.25, 0.3) is 15.9 Å². The van der Waals surface area contributed by atoms with Crippen LogP contribution in [-0.2, 0) is 14.8 Å². The van der Waals surface area contributed by atoms with E-state index in [1.807, 2.05) is 0 Å². The fourth-order valence-corrected chi connectivity index (χ4v) is 4.58. The molecule has 0 saturated carbocycles. The van der Waals surface area contributed by atoms with E-state index in [2.05, 4.69) is 15.0 Å². The zero-order valence-corrected chi connectivity index (χ0v) is 16.0. The van der Waals surface area contributed by atoms with Crippen LogP contribution in [-0.4, -0.2) is 25.9 Å². The lowest BCUT2D eigenvalue weighted by atomic mass is 10.1.